The summed E-state index contributed by atoms with van der Waals surface area (Å²) in [5.41, 5.74) is 1.29. The number of aliphatic hydroxyl groups is 1. The first-order valence-corrected chi connectivity index (χ1v) is 9.49. The second-order valence-electron chi connectivity index (χ2n) is 6.78. The van der Waals surface area contributed by atoms with E-state index in [1.54, 1.807) is 5.01 Å². The second kappa shape index (κ2) is 10.4. The number of aryl methyl sites for hydroxylation is 1. The van der Waals surface area contributed by atoms with Crippen LogP contribution in [0.3, 0.4) is 0 Å². The van der Waals surface area contributed by atoms with E-state index in [2.05, 4.69) is 31.2 Å². The molecule has 1 amide bonds. The Balaban J connectivity index is 2.15. The molecule has 2 rings (SSSR count). The number of hydrogen-bond donors (Lipinski definition) is 1. The number of carbonyl (C=O) groups is 1. The zero-order valence-corrected chi connectivity index (χ0v) is 15.6. The topological polar surface area (TPSA) is 53.0 Å². The van der Waals surface area contributed by atoms with Gasteiger partial charge in [0.05, 0.1) is 25.8 Å². The van der Waals surface area contributed by atoms with Gasteiger partial charge >= 0.3 is 6.09 Å². The molecule has 1 saturated heterocycles. The van der Waals surface area contributed by atoms with E-state index in [0.29, 0.717) is 0 Å². The highest BCUT2D eigenvalue weighted by molar-refractivity contribution is 5.67. The van der Waals surface area contributed by atoms with E-state index in [9.17, 15) is 9.90 Å². The smallest absolute Gasteiger partial charge is 0.424 e. The fraction of sp³-hybridized carbons (Fsp3) is 0.650. The van der Waals surface area contributed by atoms with E-state index in [4.69, 9.17) is 4.74 Å². The molecule has 140 valence electrons. The number of amides is 1. The molecule has 0 aromatic heterocycles. The number of benzene rings is 1. The van der Waals surface area contributed by atoms with Crippen molar-refractivity contribution in [3.63, 3.8) is 0 Å². The van der Waals surface area contributed by atoms with Gasteiger partial charge in [0.15, 0.2) is 0 Å². The van der Waals surface area contributed by atoms with Crippen LogP contribution in [0.25, 0.3) is 0 Å². The Kier molecular flexibility index (Phi) is 8.22. The maximum Gasteiger partial charge on any atom is 0.424 e. The van der Waals surface area contributed by atoms with E-state index in [-0.39, 0.29) is 24.8 Å². The molecule has 1 heterocycles. The van der Waals surface area contributed by atoms with E-state index in [1.165, 1.54) is 12.7 Å². The van der Waals surface area contributed by atoms with E-state index < -0.39 is 0 Å². The molecule has 5 nitrogen and oxygen atoms in total. The highest BCUT2D eigenvalue weighted by Crippen LogP contribution is 2.26. The first kappa shape index (κ1) is 19.7. The minimum Gasteiger partial charge on any atom is -0.452 e. The third-order valence-electron chi connectivity index (χ3n) is 5.04. The lowest BCUT2D eigenvalue weighted by molar-refractivity contribution is -0.0686. The summed E-state index contributed by atoms with van der Waals surface area (Å²) >= 11 is 0. The van der Waals surface area contributed by atoms with Gasteiger partial charge in [-0.05, 0) is 37.7 Å². The molecule has 0 radical (unpaired) electrons. The minimum atomic E-state index is -0.311. The van der Waals surface area contributed by atoms with Crippen LogP contribution in [-0.2, 0) is 11.2 Å². The number of methoxy groups -OCH3 is 1. The molecular weight excluding hydrogens is 316 g/mol. The maximum absolute atomic E-state index is 12.6. The van der Waals surface area contributed by atoms with E-state index >= 15 is 0 Å². The number of ether oxygens (including phenoxy) is 1. The van der Waals surface area contributed by atoms with Crippen LogP contribution in [0.1, 0.15) is 51.0 Å². The van der Waals surface area contributed by atoms with Crippen molar-refractivity contribution in [1.82, 2.24) is 10.0 Å². The summed E-state index contributed by atoms with van der Waals surface area (Å²) in [6.45, 7) is 3.05. The van der Waals surface area contributed by atoms with Crippen molar-refractivity contribution in [3.05, 3.63) is 35.9 Å². The Labute approximate surface area is 151 Å². The van der Waals surface area contributed by atoms with Crippen LogP contribution in [-0.4, -0.2) is 53.6 Å². The highest BCUT2D eigenvalue weighted by atomic mass is 16.5. The first-order valence-electron chi connectivity index (χ1n) is 9.49. The van der Waals surface area contributed by atoms with Crippen LogP contribution < -0.4 is 0 Å². The summed E-state index contributed by atoms with van der Waals surface area (Å²) in [7, 11) is 1.44. The molecule has 25 heavy (non-hydrogen) atoms. The Morgan fingerprint density at radius 3 is 2.76 bits per heavy atom. The van der Waals surface area contributed by atoms with E-state index in [0.717, 1.165) is 51.5 Å². The quantitative estimate of drug-likeness (QED) is 0.740. The van der Waals surface area contributed by atoms with Gasteiger partial charge in [-0.3, -0.25) is 0 Å². The number of carbonyl (C=O) groups excluding carboxylic acids is 1. The second-order valence-corrected chi connectivity index (χ2v) is 6.78. The summed E-state index contributed by atoms with van der Waals surface area (Å²) < 4.78 is 5.09. The third kappa shape index (κ3) is 5.44. The molecule has 5 heteroatoms. The van der Waals surface area contributed by atoms with Gasteiger partial charge in [-0.1, -0.05) is 50.1 Å². The highest BCUT2D eigenvalue weighted by Gasteiger charge is 2.36. The van der Waals surface area contributed by atoms with Gasteiger partial charge < -0.3 is 9.84 Å². The zero-order valence-electron chi connectivity index (χ0n) is 15.6. The van der Waals surface area contributed by atoms with Crippen LogP contribution in [0.5, 0.6) is 0 Å². The molecule has 1 aromatic rings. The molecule has 0 aliphatic carbocycles. The van der Waals surface area contributed by atoms with Crippen molar-refractivity contribution in [2.75, 3.05) is 20.3 Å². The number of aliphatic hydroxyl groups excluding tert-OH is 1. The van der Waals surface area contributed by atoms with Gasteiger partial charge in [0.2, 0.25) is 0 Å². The molecule has 0 saturated carbocycles. The lowest BCUT2D eigenvalue weighted by Crippen LogP contribution is -2.55. The van der Waals surface area contributed by atoms with Gasteiger partial charge in [-0.15, -0.1) is 0 Å². The molecule has 0 bridgehead atoms. The molecule has 1 aliphatic rings. The number of hydrazine groups is 1. The first-order chi connectivity index (χ1) is 12.2. The molecule has 1 N–H and O–H groups in total. The minimum absolute atomic E-state index is 0.0138. The Morgan fingerprint density at radius 1 is 1.36 bits per heavy atom. The van der Waals surface area contributed by atoms with Gasteiger partial charge in [-0.2, -0.15) is 0 Å². The number of unbranched alkanes of at least 4 members (excludes halogenated alkanes) is 1. The van der Waals surface area contributed by atoms with Crippen LogP contribution in [0.4, 0.5) is 4.79 Å². The molecular formula is C20H32N2O3. The van der Waals surface area contributed by atoms with Crippen molar-refractivity contribution >= 4 is 6.09 Å². The van der Waals surface area contributed by atoms with Crippen LogP contribution in [0.15, 0.2) is 30.3 Å². The molecule has 0 unspecified atom stereocenters. The largest absolute Gasteiger partial charge is 0.452 e. The summed E-state index contributed by atoms with van der Waals surface area (Å²) in [5, 5.41) is 13.5. The Hall–Kier alpha value is -1.59. The SMILES string of the molecule is CCCC[C@H](CCc1ccccc1)N(C(=O)OC)N1CCC[C@H]1CO. The molecule has 2 atom stereocenters. The van der Waals surface area contributed by atoms with Crippen LogP contribution in [0, 0.1) is 0 Å². The average molecular weight is 348 g/mol. The summed E-state index contributed by atoms with van der Waals surface area (Å²) in [4.78, 5) is 12.6. The fourth-order valence-corrected chi connectivity index (χ4v) is 3.65. The van der Waals surface area contributed by atoms with Gasteiger partial charge in [-0.25, -0.2) is 14.8 Å². The Bertz CT molecular complexity index is 509. The lowest BCUT2D eigenvalue weighted by Gasteiger charge is -2.40. The summed E-state index contributed by atoms with van der Waals surface area (Å²) in [6.07, 6.45) is 6.56. The predicted octanol–water partition coefficient (Wildman–Crippen LogP) is 3.62. The molecule has 0 spiro atoms. The summed E-state index contributed by atoms with van der Waals surface area (Å²) in [6, 6.07) is 10.5. The van der Waals surface area contributed by atoms with Crippen molar-refractivity contribution in [2.45, 2.75) is 64.0 Å². The van der Waals surface area contributed by atoms with Crippen molar-refractivity contribution in [3.8, 4) is 0 Å². The predicted molar refractivity (Wildman–Crippen MR) is 99.1 cm³/mol. The normalized spacial score (nSPS) is 18.9. The zero-order chi connectivity index (χ0) is 18.1. The van der Waals surface area contributed by atoms with Gasteiger partial charge in [0, 0.05) is 6.54 Å². The van der Waals surface area contributed by atoms with Gasteiger partial charge in [0.1, 0.15) is 0 Å². The maximum atomic E-state index is 12.6. The molecule has 1 aliphatic heterocycles. The number of nitrogens with zero attached hydrogens (tertiary/aromatic N) is 2. The number of hydrogen-bond acceptors (Lipinski definition) is 4. The van der Waals surface area contributed by atoms with Crippen molar-refractivity contribution in [1.29, 1.82) is 0 Å². The fourth-order valence-electron chi connectivity index (χ4n) is 3.65. The monoisotopic (exact) mass is 348 g/mol. The van der Waals surface area contributed by atoms with Crippen LogP contribution in [0.2, 0.25) is 0 Å². The average Bonchev–Trinajstić information content (AvgIpc) is 3.12. The van der Waals surface area contributed by atoms with E-state index in [1.807, 2.05) is 11.1 Å². The van der Waals surface area contributed by atoms with Crippen LogP contribution >= 0.6 is 0 Å². The third-order valence-corrected chi connectivity index (χ3v) is 5.04. The standard InChI is InChI=1S/C20H32N2O3/c1-3-4-11-18(14-13-17-9-6-5-7-10-17)22(20(24)25-2)21-15-8-12-19(21)16-23/h5-7,9-10,18-19,23H,3-4,8,11-16H2,1-2H3/t18-,19+/m1/s1. The molecule has 1 aromatic carbocycles. The lowest BCUT2D eigenvalue weighted by atomic mass is 10.0. The summed E-state index contributed by atoms with van der Waals surface area (Å²) in [5.74, 6) is 0. The molecule has 1 fully saturated rings. The van der Waals surface area contributed by atoms with Gasteiger partial charge in [0.25, 0.3) is 0 Å². The Morgan fingerprint density at radius 2 is 2.12 bits per heavy atom. The number of rotatable bonds is 9. The van der Waals surface area contributed by atoms with Crippen molar-refractivity contribution in [2.24, 2.45) is 0 Å². The van der Waals surface area contributed by atoms with Crippen molar-refractivity contribution < 1.29 is 14.6 Å².